The first-order valence-corrected chi connectivity index (χ1v) is 6.62. The Hall–Kier alpha value is -0.300. The number of carboxylic acids is 1. The first kappa shape index (κ1) is 13.8. The Morgan fingerprint density at radius 3 is 2.81 bits per heavy atom. The number of nitrogens with zero attached hydrogens (tertiary/aromatic N) is 2. The number of carboxylic acid groups (broad SMARTS) is 1. The number of likely N-dealkylation sites (N-methyl/N-ethyl adjacent to an activating group) is 1. The van der Waals surface area contributed by atoms with Crippen molar-refractivity contribution >= 4 is 17.7 Å². The molecule has 1 heterocycles. The van der Waals surface area contributed by atoms with Crippen LogP contribution in [-0.2, 0) is 9.53 Å². The Bertz CT molecular complexity index is 210. The Kier molecular flexibility index (Phi) is 6.79. The molecule has 16 heavy (non-hydrogen) atoms. The van der Waals surface area contributed by atoms with E-state index in [1.807, 2.05) is 11.9 Å². The van der Waals surface area contributed by atoms with E-state index in [0.29, 0.717) is 0 Å². The molecule has 0 atom stereocenters. The molecule has 0 aliphatic carbocycles. The van der Waals surface area contributed by atoms with Gasteiger partial charge in [0, 0.05) is 31.3 Å². The molecule has 0 aromatic carbocycles. The van der Waals surface area contributed by atoms with Gasteiger partial charge in [-0.3, -0.25) is 14.6 Å². The van der Waals surface area contributed by atoms with Gasteiger partial charge >= 0.3 is 5.97 Å². The van der Waals surface area contributed by atoms with Crippen LogP contribution in [0.5, 0.6) is 0 Å². The topological polar surface area (TPSA) is 53.0 Å². The highest BCUT2D eigenvalue weighted by Crippen LogP contribution is 2.04. The van der Waals surface area contributed by atoms with Crippen molar-refractivity contribution in [1.82, 2.24) is 9.80 Å². The summed E-state index contributed by atoms with van der Waals surface area (Å²) in [6, 6.07) is 0. The maximum atomic E-state index is 10.4. The minimum Gasteiger partial charge on any atom is -0.480 e. The van der Waals surface area contributed by atoms with Crippen molar-refractivity contribution in [2.45, 2.75) is 0 Å². The van der Waals surface area contributed by atoms with Gasteiger partial charge in [0.2, 0.25) is 0 Å². The lowest BCUT2D eigenvalue weighted by atomic mass is 10.4. The van der Waals surface area contributed by atoms with Gasteiger partial charge < -0.3 is 9.84 Å². The van der Waals surface area contributed by atoms with Crippen LogP contribution in [0.15, 0.2) is 0 Å². The van der Waals surface area contributed by atoms with Crippen molar-refractivity contribution in [2.75, 3.05) is 58.1 Å². The maximum Gasteiger partial charge on any atom is 0.317 e. The molecule has 6 heteroatoms. The van der Waals surface area contributed by atoms with Gasteiger partial charge in [-0.1, -0.05) is 0 Å². The van der Waals surface area contributed by atoms with E-state index in [0.717, 1.165) is 44.5 Å². The summed E-state index contributed by atoms with van der Waals surface area (Å²) in [6.07, 6.45) is 0. The average Bonchev–Trinajstić information content (AvgIpc) is 2.25. The molecule has 0 aromatic heterocycles. The molecule has 1 rings (SSSR count). The molecule has 1 fully saturated rings. The second-order valence-electron chi connectivity index (χ2n) is 3.90. The fourth-order valence-corrected chi connectivity index (χ4v) is 2.43. The molecule has 0 bridgehead atoms. The summed E-state index contributed by atoms with van der Waals surface area (Å²) < 4.78 is 5.27. The summed E-state index contributed by atoms with van der Waals surface area (Å²) in [4.78, 5) is 14.6. The van der Waals surface area contributed by atoms with Gasteiger partial charge in [-0.15, -0.1) is 11.8 Å². The maximum absolute atomic E-state index is 10.4. The van der Waals surface area contributed by atoms with E-state index < -0.39 is 5.97 Å². The van der Waals surface area contributed by atoms with Crippen LogP contribution in [0.1, 0.15) is 0 Å². The van der Waals surface area contributed by atoms with E-state index >= 15 is 0 Å². The smallest absolute Gasteiger partial charge is 0.317 e. The van der Waals surface area contributed by atoms with Gasteiger partial charge in [0.25, 0.3) is 0 Å². The van der Waals surface area contributed by atoms with Crippen LogP contribution in [-0.4, -0.2) is 78.9 Å². The van der Waals surface area contributed by atoms with Crippen LogP contribution >= 0.6 is 11.8 Å². The van der Waals surface area contributed by atoms with Gasteiger partial charge in [0.1, 0.15) is 0 Å². The standard InChI is InChI=1S/C10H20N2O3S/c1-11(8-10(13)14)9-16-7-4-12-2-5-15-6-3-12/h2-9H2,1H3,(H,13,14). The molecule has 0 spiro atoms. The Labute approximate surface area is 101 Å². The minimum atomic E-state index is -0.767. The van der Waals surface area contributed by atoms with Crippen LogP contribution in [0.4, 0.5) is 0 Å². The molecule has 5 nitrogen and oxygen atoms in total. The van der Waals surface area contributed by atoms with E-state index in [-0.39, 0.29) is 6.54 Å². The van der Waals surface area contributed by atoms with E-state index in [2.05, 4.69) is 4.90 Å². The van der Waals surface area contributed by atoms with Crippen molar-refractivity contribution < 1.29 is 14.6 Å². The van der Waals surface area contributed by atoms with Crippen molar-refractivity contribution in [3.05, 3.63) is 0 Å². The zero-order valence-electron chi connectivity index (χ0n) is 9.72. The molecular formula is C10H20N2O3S. The van der Waals surface area contributed by atoms with Crippen LogP contribution in [0.2, 0.25) is 0 Å². The van der Waals surface area contributed by atoms with Crippen LogP contribution in [0, 0.1) is 0 Å². The zero-order valence-corrected chi connectivity index (χ0v) is 10.5. The molecular weight excluding hydrogens is 228 g/mol. The van der Waals surface area contributed by atoms with Gasteiger partial charge in [0.05, 0.1) is 19.8 Å². The summed E-state index contributed by atoms with van der Waals surface area (Å²) in [7, 11) is 1.83. The zero-order chi connectivity index (χ0) is 11.8. The predicted molar refractivity (Wildman–Crippen MR) is 64.8 cm³/mol. The fraction of sp³-hybridized carbons (Fsp3) is 0.900. The minimum absolute atomic E-state index is 0.116. The third-order valence-electron chi connectivity index (χ3n) is 2.37. The van der Waals surface area contributed by atoms with Gasteiger partial charge in [-0.2, -0.15) is 0 Å². The number of rotatable bonds is 7. The number of ether oxygens (including phenoxy) is 1. The third-order valence-corrected chi connectivity index (χ3v) is 3.47. The number of thioether (sulfide) groups is 1. The second-order valence-corrected chi connectivity index (χ2v) is 4.97. The Morgan fingerprint density at radius 2 is 2.19 bits per heavy atom. The first-order chi connectivity index (χ1) is 7.68. The summed E-state index contributed by atoms with van der Waals surface area (Å²) >= 11 is 1.78. The molecule has 0 amide bonds. The SMILES string of the molecule is CN(CSCCN1CCOCC1)CC(=O)O. The Morgan fingerprint density at radius 1 is 1.50 bits per heavy atom. The van der Waals surface area contributed by atoms with Gasteiger partial charge in [-0.25, -0.2) is 0 Å². The first-order valence-electron chi connectivity index (χ1n) is 5.46. The van der Waals surface area contributed by atoms with Crippen molar-refractivity contribution in [1.29, 1.82) is 0 Å². The molecule has 1 N–H and O–H groups in total. The summed E-state index contributed by atoms with van der Waals surface area (Å²) in [5, 5.41) is 8.57. The normalized spacial score (nSPS) is 17.9. The van der Waals surface area contributed by atoms with Gasteiger partial charge in [0.15, 0.2) is 0 Å². The molecule has 0 unspecified atom stereocenters. The number of hydrogen-bond acceptors (Lipinski definition) is 5. The highest BCUT2D eigenvalue weighted by molar-refractivity contribution is 7.99. The highest BCUT2D eigenvalue weighted by Gasteiger charge is 2.09. The predicted octanol–water partition coefficient (Wildman–Crippen LogP) is 0.0257. The fourth-order valence-electron chi connectivity index (χ4n) is 1.52. The molecule has 1 saturated heterocycles. The summed E-state index contributed by atoms with van der Waals surface area (Å²) in [6.45, 7) is 4.89. The summed E-state index contributed by atoms with van der Waals surface area (Å²) in [5.74, 6) is 1.05. The second kappa shape index (κ2) is 7.89. The largest absolute Gasteiger partial charge is 0.480 e. The van der Waals surface area contributed by atoms with Crippen LogP contribution < -0.4 is 0 Å². The average molecular weight is 248 g/mol. The van der Waals surface area contributed by atoms with E-state index in [1.165, 1.54) is 0 Å². The third kappa shape index (κ3) is 6.32. The molecule has 0 radical (unpaired) electrons. The van der Waals surface area contributed by atoms with Crippen LogP contribution in [0.25, 0.3) is 0 Å². The molecule has 0 saturated carbocycles. The number of carbonyl (C=O) groups is 1. The number of morpholine rings is 1. The molecule has 1 aliphatic heterocycles. The molecule has 0 aromatic rings. The quantitative estimate of drug-likeness (QED) is 0.506. The van der Waals surface area contributed by atoms with Crippen molar-refractivity contribution in [3.63, 3.8) is 0 Å². The van der Waals surface area contributed by atoms with Crippen molar-refractivity contribution in [3.8, 4) is 0 Å². The van der Waals surface area contributed by atoms with E-state index in [9.17, 15) is 4.79 Å². The van der Waals surface area contributed by atoms with Crippen molar-refractivity contribution in [2.24, 2.45) is 0 Å². The van der Waals surface area contributed by atoms with Crippen LogP contribution in [0.3, 0.4) is 0 Å². The van der Waals surface area contributed by atoms with Gasteiger partial charge in [-0.05, 0) is 7.05 Å². The van der Waals surface area contributed by atoms with E-state index in [1.54, 1.807) is 11.8 Å². The van der Waals surface area contributed by atoms with E-state index in [4.69, 9.17) is 9.84 Å². The number of aliphatic carboxylic acids is 1. The Balaban J connectivity index is 1.96. The highest BCUT2D eigenvalue weighted by atomic mass is 32.2. The summed E-state index contributed by atoms with van der Waals surface area (Å²) in [5.41, 5.74) is 0. The lowest BCUT2D eigenvalue weighted by molar-refractivity contribution is -0.137. The lowest BCUT2D eigenvalue weighted by Gasteiger charge is -2.26. The molecule has 94 valence electrons. The molecule has 1 aliphatic rings. The lowest BCUT2D eigenvalue weighted by Crippen LogP contribution is -2.37. The number of hydrogen-bond donors (Lipinski definition) is 1. The monoisotopic (exact) mass is 248 g/mol.